The van der Waals surface area contributed by atoms with Gasteiger partial charge in [-0.15, -0.1) is 0 Å². The Hall–Kier alpha value is -2.30. The van der Waals surface area contributed by atoms with Crippen LogP contribution in [0.1, 0.15) is 11.1 Å². The molecule has 2 aromatic carbocycles. The van der Waals surface area contributed by atoms with Crippen LogP contribution in [0.2, 0.25) is 0 Å². The molecule has 2 aromatic rings. The zero-order valence-electron chi connectivity index (χ0n) is 14.8. The van der Waals surface area contributed by atoms with Crippen LogP contribution in [0, 0.1) is 0 Å². The number of phenols is 3. The van der Waals surface area contributed by atoms with Gasteiger partial charge in [-0.25, -0.2) is 0 Å². The maximum atomic E-state index is 11.3. The Kier molecular flexibility index (Phi) is 7.61. The second-order valence-corrected chi connectivity index (χ2v) is 9.37. The van der Waals surface area contributed by atoms with E-state index in [9.17, 15) is 32.2 Å². The largest absolute Gasteiger partial charge is 0.507 e. The number of phenolic OH excluding ortho intramolecular Hbond substituents is 3. The smallest absolute Gasteiger partial charge is 0.446 e. The molecular formula is C16H12Br2O11S2. The molecule has 0 spiro atoms. The molecule has 0 aliphatic rings. The van der Waals surface area contributed by atoms with Gasteiger partial charge in [0.1, 0.15) is 5.75 Å². The predicted octanol–water partition coefficient (Wildman–Crippen LogP) is 3.35. The Labute approximate surface area is 193 Å². The second kappa shape index (κ2) is 9.46. The van der Waals surface area contributed by atoms with E-state index in [-0.39, 0.29) is 25.8 Å². The summed E-state index contributed by atoms with van der Waals surface area (Å²) in [5, 5.41) is 28.9. The number of hydrogen-bond acceptors (Lipinski definition) is 9. The van der Waals surface area contributed by atoms with Crippen molar-refractivity contribution in [1.29, 1.82) is 0 Å². The molecule has 31 heavy (non-hydrogen) atoms. The van der Waals surface area contributed by atoms with Crippen molar-refractivity contribution in [3.8, 4) is 17.2 Å². The van der Waals surface area contributed by atoms with Crippen LogP contribution >= 0.6 is 31.9 Å². The van der Waals surface area contributed by atoms with Crippen LogP contribution in [0.3, 0.4) is 0 Å². The van der Waals surface area contributed by atoms with Gasteiger partial charge >= 0.3 is 20.8 Å². The molecule has 0 aliphatic carbocycles. The fourth-order valence-corrected chi connectivity index (χ4v) is 3.68. The van der Waals surface area contributed by atoms with Crippen LogP contribution in [-0.2, 0) is 29.2 Å². The summed E-state index contributed by atoms with van der Waals surface area (Å²) in [7, 11) is -10.4. The maximum absolute atomic E-state index is 11.3. The molecule has 0 fully saturated rings. The van der Waals surface area contributed by atoms with Gasteiger partial charge in [0.15, 0.2) is 23.0 Å². The summed E-state index contributed by atoms with van der Waals surface area (Å²) in [6.07, 6.45) is 1.73. The van der Waals surface area contributed by atoms with Gasteiger partial charge in [-0.2, -0.15) is 16.8 Å². The first-order valence-corrected chi connectivity index (χ1v) is 11.9. The highest BCUT2D eigenvalue weighted by molar-refractivity contribution is 9.10. The van der Waals surface area contributed by atoms with E-state index in [2.05, 4.69) is 40.2 Å². The number of rotatable bonds is 7. The summed E-state index contributed by atoms with van der Waals surface area (Å²) in [5.74, 6) is -3.16. The summed E-state index contributed by atoms with van der Waals surface area (Å²) >= 11 is 5.98. The molecule has 0 aromatic heterocycles. The third-order valence-corrected chi connectivity index (χ3v) is 5.29. The van der Waals surface area contributed by atoms with E-state index in [1.54, 1.807) is 0 Å². The van der Waals surface area contributed by atoms with Gasteiger partial charge in [-0.1, -0.05) is 6.07 Å². The number of aromatic hydroxyl groups is 3. The molecular weight excluding hydrogens is 592 g/mol. The zero-order valence-corrected chi connectivity index (χ0v) is 19.6. The van der Waals surface area contributed by atoms with Crippen molar-refractivity contribution in [1.82, 2.24) is 0 Å². The minimum atomic E-state index is -5.22. The molecule has 0 radical (unpaired) electrons. The van der Waals surface area contributed by atoms with E-state index in [1.807, 2.05) is 0 Å². The van der Waals surface area contributed by atoms with Crippen molar-refractivity contribution >= 4 is 64.8 Å². The first-order valence-electron chi connectivity index (χ1n) is 7.62. The van der Waals surface area contributed by atoms with Crippen LogP contribution in [0.5, 0.6) is 17.2 Å². The van der Waals surface area contributed by atoms with Gasteiger partial charge in [0.2, 0.25) is 0 Å². The van der Waals surface area contributed by atoms with Gasteiger partial charge in [-0.05, 0) is 79.4 Å². The van der Waals surface area contributed by atoms with E-state index in [0.29, 0.717) is 0 Å². The number of benzene rings is 2. The molecule has 0 aliphatic heterocycles. The van der Waals surface area contributed by atoms with E-state index >= 15 is 0 Å². The second-order valence-electron chi connectivity index (χ2n) is 5.62. The summed E-state index contributed by atoms with van der Waals surface area (Å²) < 4.78 is 72.3. The molecule has 5 N–H and O–H groups in total. The van der Waals surface area contributed by atoms with Crippen LogP contribution in [0.25, 0.3) is 12.2 Å². The standard InChI is InChI=1S/C16H12Br2O11S2/c17-10-3-8(1-2-12(10)19)6-14(28-30(22,23)24)15(29-31(25,26)27)7-9-4-11(18)16(21)13(20)5-9/h1-7,19-21H,(H,22,23,24)(H,25,26,27)/b14-6+,15-7-. The predicted molar refractivity (Wildman–Crippen MR) is 114 cm³/mol. The molecule has 0 atom stereocenters. The lowest BCUT2D eigenvalue weighted by molar-refractivity contribution is 0.289. The zero-order chi connectivity index (χ0) is 23.6. The van der Waals surface area contributed by atoms with Gasteiger partial charge in [0, 0.05) is 0 Å². The Morgan fingerprint density at radius 3 is 1.68 bits per heavy atom. The Balaban J connectivity index is 2.74. The Bertz CT molecular complexity index is 1260. The molecule has 0 saturated heterocycles. The lowest BCUT2D eigenvalue weighted by atomic mass is 10.1. The normalized spacial score (nSPS) is 13.2. The monoisotopic (exact) mass is 602 g/mol. The average molecular weight is 604 g/mol. The molecule has 0 heterocycles. The van der Waals surface area contributed by atoms with Crippen molar-refractivity contribution in [2.75, 3.05) is 0 Å². The SMILES string of the molecule is O=S(=O)(O)OC(=C\c1cc(O)c(O)c(Br)c1)/C(=C\c1ccc(O)c(Br)c1)OS(=O)(=O)O. The number of hydrogen-bond donors (Lipinski definition) is 5. The summed E-state index contributed by atoms with van der Waals surface area (Å²) in [4.78, 5) is 0. The van der Waals surface area contributed by atoms with Crippen LogP contribution in [-0.4, -0.2) is 41.3 Å². The lowest BCUT2D eigenvalue weighted by Crippen LogP contribution is -2.11. The van der Waals surface area contributed by atoms with Crippen molar-refractivity contribution in [2.24, 2.45) is 0 Å². The van der Waals surface area contributed by atoms with Crippen LogP contribution in [0.15, 0.2) is 50.8 Å². The van der Waals surface area contributed by atoms with E-state index in [0.717, 1.165) is 18.2 Å². The topological polar surface area (TPSA) is 188 Å². The molecule has 168 valence electrons. The summed E-state index contributed by atoms with van der Waals surface area (Å²) in [5.41, 5.74) is 0.0976. The van der Waals surface area contributed by atoms with E-state index in [4.69, 9.17) is 9.11 Å². The van der Waals surface area contributed by atoms with Gasteiger partial charge in [0.25, 0.3) is 0 Å². The van der Waals surface area contributed by atoms with Gasteiger partial charge in [-0.3, -0.25) is 9.11 Å². The fraction of sp³-hybridized carbons (Fsp3) is 0. The molecule has 0 bridgehead atoms. The van der Waals surface area contributed by atoms with Gasteiger partial charge < -0.3 is 23.7 Å². The quantitative estimate of drug-likeness (QED) is 0.135. The highest BCUT2D eigenvalue weighted by Gasteiger charge is 2.22. The fourth-order valence-electron chi connectivity index (χ4n) is 2.10. The van der Waals surface area contributed by atoms with E-state index < -0.39 is 43.8 Å². The highest BCUT2D eigenvalue weighted by atomic mass is 79.9. The summed E-state index contributed by atoms with van der Waals surface area (Å²) in [6, 6.07) is 5.92. The molecule has 0 saturated carbocycles. The first-order chi connectivity index (χ1) is 14.1. The van der Waals surface area contributed by atoms with E-state index in [1.165, 1.54) is 24.3 Å². The average Bonchev–Trinajstić information content (AvgIpc) is 2.59. The maximum Gasteiger partial charge on any atom is 0.446 e. The molecule has 0 unspecified atom stereocenters. The summed E-state index contributed by atoms with van der Waals surface area (Å²) in [6.45, 7) is 0. The minimum absolute atomic E-state index is 0.0198. The van der Waals surface area contributed by atoms with Crippen molar-refractivity contribution in [3.63, 3.8) is 0 Å². The Morgan fingerprint density at radius 1 is 0.742 bits per heavy atom. The third kappa shape index (κ3) is 7.71. The third-order valence-electron chi connectivity index (χ3n) is 3.27. The highest BCUT2D eigenvalue weighted by Crippen LogP contribution is 2.36. The van der Waals surface area contributed by atoms with Crippen molar-refractivity contribution < 1.29 is 49.6 Å². The molecule has 15 heteroatoms. The Morgan fingerprint density at radius 2 is 1.23 bits per heavy atom. The minimum Gasteiger partial charge on any atom is -0.507 e. The van der Waals surface area contributed by atoms with Crippen molar-refractivity contribution in [2.45, 2.75) is 0 Å². The van der Waals surface area contributed by atoms with Crippen LogP contribution < -0.4 is 0 Å². The molecule has 0 amide bonds. The lowest BCUT2D eigenvalue weighted by Gasteiger charge is -2.12. The molecule has 2 rings (SSSR count). The number of halogens is 2. The van der Waals surface area contributed by atoms with Gasteiger partial charge in [0.05, 0.1) is 8.95 Å². The molecule has 11 nitrogen and oxygen atoms in total. The first kappa shape index (κ1) is 25.0. The van der Waals surface area contributed by atoms with Crippen LogP contribution in [0.4, 0.5) is 0 Å². The van der Waals surface area contributed by atoms with Crippen molar-refractivity contribution in [3.05, 3.63) is 61.9 Å².